The molecular formula is C25H24N4O4. The Bertz CT molecular complexity index is 1410. The number of benzene rings is 3. The van der Waals surface area contributed by atoms with Gasteiger partial charge in [0.25, 0.3) is 5.56 Å². The molecule has 0 aliphatic carbocycles. The molecule has 4 aromatic rings. The highest BCUT2D eigenvalue weighted by Crippen LogP contribution is 2.29. The number of carbonyl (C=O) groups excluding carboxylic acids is 1. The average molecular weight is 444 g/mol. The van der Waals surface area contributed by atoms with Crippen molar-refractivity contribution in [2.24, 2.45) is 0 Å². The van der Waals surface area contributed by atoms with Gasteiger partial charge in [0.05, 0.1) is 36.5 Å². The van der Waals surface area contributed by atoms with Gasteiger partial charge in [-0.3, -0.25) is 9.36 Å². The zero-order valence-electron chi connectivity index (χ0n) is 18.8. The van der Waals surface area contributed by atoms with E-state index in [-0.39, 0.29) is 5.56 Å². The van der Waals surface area contributed by atoms with Crippen LogP contribution < -0.4 is 25.7 Å². The Labute approximate surface area is 190 Å². The van der Waals surface area contributed by atoms with Gasteiger partial charge in [0.15, 0.2) is 0 Å². The van der Waals surface area contributed by atoms with E-state index in [9.17, 15) is 9.59 Å². The molecule has 0 bridgehead atoms. The summed E-state index contributed by atoms with van der Waals surface area (Å²) >= 11 is 0. The molecule has 2 amide bonds. The zero-order valence-corrected chi connectivity index (χ0v) is 18.8. The Kier molecular flexibility index (Phi) is 5.99. The number of aromatic nitrogens is 2. The van der Waals surface area contributed by atoms with Gasteiger partial charge in [0, 0.05) is 11.8 Å². The number of carbonyl (C=O) groups is 1. The van der Waals surface area contributed by atoms with Crippen LogP contribution in [-0.4, -0.2) is 29.8 Å². The van der Waals surface area contributed by atoms with Crippen LogP contribution in [0.1, 0.15) is 11.4 Å². The van der Waals surface area contributed by atoms with Gasteiger partial charge in [-0.2, -0.15) is 0 Å². The van der Waals surface area contributed by atoms with Gasteiger partial charge in [-0.25, -0.2) is 9.78 Å². The van der Waals surface area contributed by atoms with E-state index in [1.165, 1.54) is 7.11 Å². The Morgan fingerprint density at radius 2 is 1.64 bits per heavy atom. The molecule has 2 N–H and O–H groups in total. The van der Waals surface area contributed by atoms with E-state index in [4.69, 9.17) is 9.47 Å². The molecule has 0 saturated heterocycles. The van der Waals surface area contributed by atoms with Crippen LogP contribution >= 0.6 is 0 Å². The molecule has 33 heavy (non-hydrogen) atoms. The second kappa shape index (κ2) is 9.04. The van der Waals surface area contributed by atoms with Gasteiger partial charge in [0.1, 0.15) is 17.3 Å². The molecule has 0 radical (unpaired) electrons. The highest BCUT2D eigenvalue weighted by Gasteiger charge is 2.13. The minimum absolute atomic E-state index is 0.137. The standard InChI is InChI=1S/C25H24N4O4/c1-15-13-17(29-16(2)26-21-8-6-5-7-19(21)24(29)30)9-11-20(15)27-25(31)28-22-12-10-18(32-3)14-23(22)33-4/h5-14H,1-4H3,(H2,27,28,31). The minimum Gasteiger partial charge on any atom is -0.497 e. The number of aryl methyl sites for hydroxylation is 2. The molecule has 4 rings (SSSR count). The van der Waals surface area contributed by atoms with Gasteiger partial charge in [0.2, 0.25) is 0 Å². The first-order valence-electron chi connectivity index (χ1n) is 10.3. The van der Waals surface area contributed by atoms with Crippen molar-refractivity contribution in [3.8, 4) is 17.2 Å². The van der Waals surface area contributed by atoms with Crippen LogP contribution in [0.3, 0.4) is 0 Å². The second-order valence-electron chi connectivity index (χ2n) is 7.46. The Hall–Kier alpha value is -4.33. The number of hydrogen-bond acceptors (Lipinski definition) is 5. The first kappa shape index (κ1) is 21.9. The van der Waals surface area contributed by atoms with Crippen molar-refractivity contribution in [1.29, 1.82) is 0 Å². The first-order chi connectivity index (χ1) is 15.9. The Morgan fingerprint density at radius 3 is 2.36 bits per heavy atom. The number of hydrogen-bond donors (Lipinski definition) is 2. The third-order valence-electron chi connectivity index (χ3n) is 5.32. The molecule has 0 unspecified atom stereocenters. The summed E-state index contributed by atoms with van der Waals surface area (Å²) in [5, 5.41) is 6.17. The lowest BCUT2D eigenvalue weighted by Gasteiger charge is -2.15. The fraction of sp³-hybridized carbons (Fsp3) is 0.160. The SMILES string of the molecule is COc1ccc(NC(=O)Nc2ccc(-n3c(C)nc4ccccc4c3=O)cc2C)c(OC)c1. The van der Waals surface area contributed by atoms with Crippen molar-refractivity contribution in [3.05, 3.63) is 82.4 Å². The number of rotatable bonds is 5. The third-order valence-corrected chi connectivity index (χ3v) is 5.32. The minimum atomic E-state index is -0.421. The highest BCUT2D eigenvalue weighted by molar-refractivity contribution is 6.01. The number of nitrogens with one attached hydrogen (secondary N) is 2. The molecule has 1 heterocycles. The van der Waals surface area contributed by atoms with Crippen molar-refractivity contribution >= 4 is 28.3 Å². The summed E-state index contributed by atoms with van der Waals surface area (Å²) < 4.78 is 12.1. The van der Waals surface area contributed by atoms with E-state index in [0.29, 0.717) is 45.3 Å². The van der Waals surface area contributed by atoms with Gasteiger partial charge in [-0.1, -0.05) is 12.1 Å². The van der Waals surface area contributed by atoms with Crippen LogP contribution in [0.15, 0.2) is 65.5 Å². The van der Waals surface area contributed by atoms with Crippen molar-refractivity contribution in [3.63, 3.8) is 0 Å². The normalized spacial score (nSPS) is 10.7. The van der Waals surface area contributed by atoms with Crippen molar-refractivity contribution in [2.45, 2.75) is 13.8 Å². The molecule has 0 spiro atoms. The van der Waals surface area contributed by atoms with Crippen LogP contribution in [0.4, 0.5) is 16.2 Å². The first-order valence-corrected chi connectivity index (χ1v) is 10.3. The number of amides is 2. The topological polar surface area (TPSA) is 94.5 Å². The van der Waals surface area contributed by atoms with Gasteiger partial charge in [-0.05, 0) is 61.9 Å². The fourth-order valence-electron chi connectivity index (χ4n) is 3.65. The molecular weight excluding hydrogens is 420 g/mol. The number of anilines is 2. The predicted molar refractivity (Wildman–Crippen MR) is 129 cm³/mol. The molecule has 0 aliphatic rings. The zero-order chi connectivity index (χ0) is 23.5. The smallest absolute Gasteiger partial charge is 0.323 e. The van der Waals surface area contributed by atoms with Gasteiger partial charge >= 0.3 is 6.03 Å². The molecule has 0 aliphatic heterocycles. The maximum Gasteiger partial charge on any atom is 0.323 e. The van der Waals surface area contributed by atoms with Crippen LogP contribution in [0, 0.1) is 13.8 Å². The quantitative estimate of drug-likeness (QED) is 0.467. The van der Waals surface area contributed by atoms with Crippen LogP contribution in [0.5, 0.6) is 11.5 Å². The summed E-state index contributed by atoms with van der Waals surface area (Å²) in [6, 6.07) is 17.3. The number of nitrogens with zero attached hydrogens (tertiary/aromatic N) is 2. The molecule has 168 valence electrons. The van der Waals surface area contributed by atoms with Crippen molar-refractivity contribution < 1.29 is 14.3 Å². The van der Waals surface area contributed by atoms with Crippen molar-refractivity contribution in [1.82, 2.24) is 9.55 Å². The summed E-state index contributed by atoms with van der Waals surface area (Å²) in [5.41, 5.74) is 3.12. The average Bonchev–Trinajstić information content (AvgIpc) is 2.81. The number of urea groups is 1. The number of methoxy groups -OCH3 is 2. The maximum atomic E-state index is 13.1. The lowest BCUT2D eigenvalue weighted by Crippen LogP contribution is -2.23. The summed E-state index contributed by atoms with van der Waals surface area (Å²) in [7, 11) is 3.08. The van der Waals surface area contributed by atoms with E-state index in [0.717, 1.165) is 5.56 Å². The van der Waals surface area contributed by atoms with Crippen molar-refractivity contribution in [2.75, 3.05) is 24.9 Å². The van der Waals surface area contributed by atoms with Crippen LogP contribution in [-0.2, 0) is 0 Å². The molecule has 0 atom stereocenters. The van der Waals surface area contributed by atoms with E-state index >= 15 is 0 Å². The molecule has 0 fully saturated rings. The number of fused-ring (bicyclic) bond motifs is 1. The van der Waals surface area contributed by atoms with E-state index in [2.05, 4.69) is 15.6 Å². The molecule has 1 aromatic heterocycles. The lowest BCUT2D eigenvalue weighted by atomic mass is 10.1. The van der Waals surface area contributed by atoms with Gasteiger partial charge < -0.3 is 20.1 Å². The fourth-order valence-corrected chi connectivity index (χ4v) is 3.65. The van der Waals surface area contributed by atoms with E-state index < -0.39 is 6.03 Å². The largest absolute Gasteiger partial charge is 0.497 e. The number of ether oxygens (including phenoxy) is 2. The lowest BCUT2D eigenvalue weighted by molar-refractivity contribution is 0.262. The van der Waals surface area contributed by atoms with Gasteiger partial charge in [-0.15, -0.1) is 0 Å². The van der Waals surface area contributed by atoms with E-state index in [1.54, 1.807) is 55.0 Å². The predicted octanol–water partition coefficient (Wildman–Crippen LogP) is 4.66. The molecule has 3 aromatic carbocycles. The Morgan fingerprint density at radius 1 is 0.909 bits per heavy atom. The summed E-state index contributed by atoms with van der Waals surface area (Å²) in [4.78, 5) is 30.2. The van der Waals surface area contributed by atoms with Crippen LogP contribution in [0.25, 0.3) is 16.6 Å². The van der Waals surface area contributed by atoms with Crippen LogP contribution in [0.2, 0.25) is 0 Å². The van der Waals surface area contributed by atoms with E-state index in [1.807, 2.05) is 31.2 Å². The summed E-state index contributed by atoms with van der Waals surface area (Å²) in [6.07, 6.45) is 0. The Balaban J connectivity index is 1.59. The summed E-state index contributed by atoms with van der Waals surface area (Å²) in [6.45, 7) is 3.66. The molecule has 8 nitrogen and oxygen atoms in total. The maximum absolute atomic E-state index is 13.1. The monoisotopic (exact) mass is 444 g/mol. The molecule has 8 heteroatoms. The molecule has 0 saturated carbocycles. The summed E-state index contributed by atoms with van der Waals surface area (Å²) in [5.74, 6) is 1.69. The second-order valence-corrected chi connectivity index (χ2v) is 7.46. The number of para-hydroxylation sites is 1. The third kappa shape index (κ3) is 4.36. The highest BCUT2D eigenvalue weighted by atomic mass is 16.5.